The number of amides is 1. The van der Waals surface area contributed by atoms with Gasteiger partial charge in [-0.2, -0.15) is 0 Å². The Morgan fingerprint density at radius 3 is 2.42 bits per heavy atom. The van der Waals surface area contributed by atoms with E-state index < -0.39 is 34.4 Å². The molecule has 1 amide bonds. The summed E-state index contributed by atoms with van der Waals surface area (Å²) in [7, 11) is -0.741. The lowest BCUT2D eigenvalue weighted by atomic mass is 10.1. The average molecular weight is 548 g/mol. The first-order valence-electron chi connectivity index (χ1n) is 11.4. The van der Waals surface area contributed by atoms with Crippen LogP contribution in [0.15, 0.2) is 53.7 Å². The monoisotopic (exact) mass is 547 g/mol. The maximum absolute atomic E-state index is 12.6. The number of aliphatic hydroxyl groups excluding tert-OH is 1. The average Bonchev–Trinajstić information content (AvgIpc) is 3.37. The van der Waals surface area contributed by atoms with Crippen molar-refractivity contribution in [1.29, 1.82) is 0 Å². The third-order valence-electron chi connectivity index (χ3n) is 5.16. The lowest BCUT2D eigenvalue weighted by Crippen LogP contribution is -2.44. The van der Waals surface area contributed by atoms with E-state index in [1.807, 2.05) is 6.92 Å². The number of aliphatic hydroxyl groups is 1. The summed E-state index contributed by atoms with van der Waals surface area (Å²) in [5.74, 6) is -0.272. The number of pyridine rings is 1. The topological polar surface area (TPSA) is 166 Å². The number of hydrogen-bond donors (Lipinski definition) is 3. The Balaban J connectivity index is 1.90. The van der Waals surface area contributed by atoms with Crippen LogP contribution in [0, 0.1) is 0 Å². The second-order valence-electron chi connectivity index (χ2n) is 8.30. The zero-order valence-corrected chi connectivity index (χ0v) is 22.1. The van der Waals surface area contributed by atoms with Crippen LogP contribution in [0.5, 0.6) is 17.2 Å². The van der Waals surface area contributed by atoms with Gasteiger partial charge in [-0.25, -0.2) is 18.2 Å². The Morgan fingerprint density at radius 2 is 1.82 bits per heavy atom. The van der Waals surface area contributed by atoms with Crippen LogP contribution < -0.4 is 14.8 Å². The molecule has 204 valence electrons. The molecule has 2 atom stereocenters. The van der Waals surface area contributed by atoms with Crippen LogP contribution in [-0.2, 0) is 24.1 Å². The molecular weight excluding hydrogens is 518 g/mol. The Kier molecular flexibility index (Phi) is 9.45. The molecule has 0 aliphatic heterocycles. The van der Waals surface area contributed by atoms with E-state index in [1.54, 1.807) is 31.4 Å². The van der Waals surface area contributed by atoms with Crippen molar-refractivity contribution < 1.29 is 42.1 Å². The maximum Gasteiger partial charge on any atom is 0.330 e. The van der Waals surface area contributed by atoms with Crippen molar-refractivity contribution in [3.63, 3.8) is 0 Å². The number of carbonyl (C=O) groups excluding carboxylic acids is 2. The molecule has 3 N–H and O–H groups in total. The van der Waals surface area contributed by atoms with Gasteiger partial charge in [-0.05, 0) is 43.3 Å². The van der Waals surface area contributed by atoms with E-state index in [0.717, 1.165) is 13.4 Å². The predicted octanol–water partition coefficient (Wildman–Crippen LogP) is 1.95. The van der Waals surface area contributed by atoms with Gasteiger partial charge in [0.1, 0.15) is 29.0 Å². The molecule has 3 rings (SSSR count). The summed E-state index contributed by atoms with van der Waals surface area (Å²) in [4.78, 5) is 31.2. The fourth-order valence-electron chi connectivity index (χ4n) is 3.39. The molecule has 0 spiro atoms. The second kappa shape index (κ2) is 12.5. The summed E-state index contributed by atoms with van der Waals surface area (Å²) < 4.78 is 44.9. The highest BCUT2D eigenvalue weighted by molar-refractivity contribution is 7.90. The van der Waals surface area contributed by atoms with E-state index in [2.05, 4.69) is 20.0 Å². The zero-order chi connectivity index (χ0) is 27.9. The molecule has 0 saturated heterocycles. The van der Waals surface area contributed by atoms with Crippen molar-refractivity contribution in [2.24, 2.45) is 0 Å². The summed E-state index contributed by atoms with van der Waals surface area (Å²) >= 11 is 0. The lowest BCUT2D eigenvalue weighted by Gasteiger charge is -2.16. The number of carbonyl (C=O) groups is 2. The van der Waals surface area contributed by atoms with Crippen LogP contribution in [0.3, 0.4) is 0 Å². The number of nitrogens with one attached hydrogen (secondary N) is 2. The SMILES string of the molecule is COC[C@H](C)Oc1cc(Oc2ccc(S(C)(=O)=O)nc2)cc(-c2ccc(C(=O)N[C@@H](CO)C(=O)OC)[nH]2)c1. The number of rotatable bonds is 12. The van der Waals surface area contributed by atoms with Crippen molar-refractivity contribution in [2.45, 2.75) is 24.1 Å². The Labute approximate surface area is 219 Å². The third-order valence-corrected chi connectivity index (χ3v) is 6.16. The highest BCUT2D eigenvalue weighted by Crippen LogP contribution is 2.33. The second-order valence-corrected chi connectivity index (χ2v) is 10.3. The van der Waals surface area contributed by atoms with E-state index in [1.165, 1.54) is 24.4 Å². The van der Waals surface area contributed by atoms with Gasteiger partial charge in [0.25, 0.3) is 5.91 Å². The molecule has 0 saturated carbocycles. The summed E-state index contributed by atoms with van der Waals surface area (Å²) in [6.45, 7) is 1.56. The smallest absolute Gasteiger partial charge is 0.330 e. The number of hydrogen-bond acceptors (Lipinski definition) is 10. The van der Waals surface area contributed by atoms with Crippen LogP contribution >= 0.6 is 0 Å². The molecule has 3 aromatic rings. The molecule has 0 unspecified atom stereocenters. The van der Waals surface area contributed by atoms with Gasteiger partial charge >= 0.3 is 5.97 Å². The number of ether oxygens (including phenoxy) is 4. The van der Waals surface area contributed by atoms with Crippen LogP contribution in [0.4, 0.5) is 0 Å². The molecule has 0 aliphatic rings. The van der Waals surface area contributed by atoms with E-state index in [-0.39, 0.29) is 16.8 Å². The van der Waals surface area contributed by atoms with Gasteiger partial charge < -0.3 is 34.4 Å². The third kappa shape index (κ3) is 7.54. The molecular formula is C25H29N3O9S. The number of methoxy groups -OCH3 is 2. The number of benzene rings is 1. The Bertz CT molecular complexity index is 1370. The first kappa shape index (κ1) is 28.6. The molecule has 1 aromatic carbocycles. The van der Waals surface area contributed by atoms with Crippen LogP contribution in [0.25, 0.3) is 11.3 Å². The summed E-state index contributed by atoms with van der Waals surface area (Å²) in [6.07, 6.45) is 2.08. The molecule has 0 aliphatic carbocycles. The zero-order valence-electron chi connectivity index (χ0n) is 21.3. The highest BCUT2D eigenvalue weighted by Gasteiger charge is 2.22. The van der Waals surface area contributed by atoms with Crippen molar-refractivity contribution >= 4 is 21.7 Å². The predicted molar refractivity (Wildman–Crippen MR) is 136 cm³/mol. The molecule has 0 fully saturated rings. The molecule has 2 heterocycles. The number of nitrogens with zero attached hydrogens (tertiary/aromatic N) is 1. The number of aromatic amines is 1. The minimum absolute atomic E-state index is 0.0798. The molecule has 2 aromatic heterocycles. The maximum atomic E-state index is 12.6. The standard InChI is InChI=1S/C25H29N3O9S/c1-15(14-34-2)36-18-9-16(10-19(11-18)37-17-5-8-23(26-12-17)38(4,32)33)20-6-7-21(27-20)24(30)28-22(13-29)25(31)35-3/h5-12,15,22,27,29H,13-14H2,1-4H3,(H,28,30)/t15-,22-/m0/s1. The Morgan fingerprint density at radius 1 is 1.08 bits per heavy atom. The number of esters is 1. The van der Waals surface area contributed by atoms with Gasteiger partial charge in [0.2, 0.25) is 0 Å². The minimum Gasteiger partial charge on any atom is -0.488 e. The van der Waals surface area contributed by atoms with Crippen LogP contribution in [0.1, 0.15) is 17.4 Å². The molecule has 13 heteroatoms. The van der Waals surface area contributed by atoms with E-state index in [4.69, 9.17) is 14.2 Å². The van der Waals surface area contributed by atoms with E-state index in [9.17, 15) is 23.1 Å². The Hall–Kier alpha value is -3.94. The lowest BCUT2D eigenvalue weighted by molar-refractivity contribution is -0.143. The van der Waals surface area contributed by atoms with E-state index >= 15 is 0 Å². The van der Waals surface area contributed by atoms with Crippen molar-refractivity contribution in [3.05, 3.63) is 54.4 Å². The first-order chi connectivity index (χ1) is 18.0. The molecule has 12 nitrogen and oxygen atoms in total. The summed E-state index contributed by atoms with van der Waals surface area (Å²) in [5.41, 5.74) is 1.28. The fraction of sp³-hybridized carbons (Fsp3) is 0.320. The quantitative estimate of drug-likeness (QED) is 0.285. The van der Waals surface area contributed by atoms with Gasteiger partial charge in [0, 0.05) is 30.7 Å². The van der Waals surface area contributed by atoms with Crippen molar-refractivity contribution in [3.8, 4) is 28.5 Å². The minimum atomic E-state index is -3.46. The molecule has 38 heavy (non-hydrogen) atoms. The number of H-pyrrole nitrogens is 1. The highest BCUT2D eigenvalue weighted by atomic mass is 32.2. The van der Waals surface area contributed by atoms with Gasteiger partial charge in [0.05, 0.1) is 26.5 Å². The summed E-state index contributed by atoms with van der Waals surface area (Å²) in [6, 6.07) is 9.88. The van der Waals surface area contributed by atoms with Crippen molar-refractivity contribution in [2.75, 3.05) is 33.7 Å². The largest absolute Gasteiger partial charge is 0.488 e. The molecule has 0 bridgehead atoms. The van der Waals surface area contributed by atoms with Gasteiger partial charge in [-0.3, -0.25) is 4.79 Å². The fourth-order valence-corrected chi connectivity index (χ4v) is 3.95. The molecule has 0 radical (unpaired) electrons. The number of aromatic nitrogens is 2. The van der Waals surface area contributed by atoms with Gasteiger partial charge in [0.15, 0.2) is 20.9 Å². The van der Waals surface area contributed by atoms with Crippen molar-refractivity contribution in [1.82, 2.24) is 15.3 Å². The van der Waals surface area contributed by atoms with Crippen LogP contribution in [0.2, 0.25) is 0 Å². The number of sulfone groups is 1. The van der Waals surface area contributed by atoms with Gasteiger partial charge in [-0.15, -0.1) is 0 Å². The summed E-state index contributed by atoms with van der Waals surface area (Å²) in [5, 5.41) is 11.7. The normalized spacial score (nSPS) is 12.9. The van der Waals surface area contributed by atoms with Gasteiger partial charge in [-0.1, -0.05) is 0 Å². The first-order valence-corrected chi connectivity index (χ1v) is 13.3. The van der Waals surface area contributed by atoms with Crippen LogP contribution in [-0.4, -0.2) is 81.2 Å². The van der Waals surface area contributed by atoms with E-state index in [0.29, 0.717) is 35.1 Å².